The second-order valence-electron chi connectivity index (χ2n) is 3.71. The Morgan fingerprint density at radius 2 is 2.24 bits per heavy atom. The topological polar surface area (TPSA) is 64.3 Å². The van der Waals surface area contributed by atoms with E-state index in [2.05, 4.69) is 5.32 Å². The van der Waals surface area contributed by atoms with Crippen LogP contribution in [0.25, 0.3) is 0 Å². The first-order valence-corrected chi connectivity index (χ1v) is 5.45. The Morgan fingerprint density at radius 1 is 1.53 bits per heavy atom. The number of benzene rings is 1. The predicted molar refractivity (Wildman–Crippen MR) is 64.1 cm³/mol. The van der Waals surface area contributed by atoms with Crippen molar-refractivity contribution in [3.05, 3.63) is 30.1 Å². The summed E-state index contributed by atoms with van der Waals surface area (Å²) in [4.78, 5) is 11.6. The number of ether oxygens (including phenoxy) is 1. The Hall–Kier alpha value is -1.46. The molecule has 3 N–H and O–H groups in total. The van der Waals surface area contributed by atoms with Gasteiger partial charge in [-0.15, -0.1) is 0 Å². The number of carbonyl (C=O) groups excluding carboxylic acids is 1. The number of halogens is 1. The van der Waals surface area contributed by atoms with Crippen LogP contribution < -0.4 is 11.1 Å². The molecule has 1 atom stereocenters. The number of amides is 1. The molecule has 0 heterocycles. The third kappa shape index (κ3) is 4.50. The van der Waals surface area contributed by atoms with Gasteiger partial charge in [-0.25, -0.2) is 4.39 Å². The second-order valence-corrected chi connectivity index (χ2v) is 3.71. The first kappa shape index (κ1) is 13.6. The maximum absolute atomic E-state index is 13.2. The fourth-order valence-electron chi connectivity index (χ4n) is 1.37. The molecule has 5 heteroatoms. The lowest BCUT2D eigenvalue weighted by Crippen LogP contribution is -2.36. The van der Waals surface area contributed by atoms with E-state index in [1.807, 2.05) is 0 Å². The third-order valence-corrected chi connectivity index (χ3v) is 2.33. The summed E-state index contributed by atoms with van der Waals surface area (Å²) in [6.07, 6.45) is 1.20. The highest BCUT2D eigenvalue weighted by Gasteiger charge is 2.14. The summed E-state index contributed by atoms with van der Waals surface area (Å²) in [6.45, 7) is 0.556. The molecule has 0 fully saturated rings. The monoisotopic (exact) mass is 240 g/mol. The molecule has 1 rings (SSSR count). The van der Waals surface area contributed by atoms with Gasteiger partial charge in [-0.3, -0.25) is 4.79 Å². The molecule has 0 radical (unpaired) electrons. The number of carbonyl (C=O) groups is 1. The van der Waals surface area contributed by atoms with Crippen LogP contribution in [-0.4, -0.2) is 25.7 Å². The lowest BCUT2D eigenvalue weighted by Gasteiger charge is -2.12. The smallest absolute Gasteiger partial charge is 0.241 e. The summed E-state index contributed by atoms with van der Waals surface area (Å²) in [7, 11) is 1.59. The maximum Gasteiger partial charge on any atom is 0.241 e. The standard InChI is InChI=1S/C12H17FN2O2/c1-17-8-4-6-10(14)12(16)15-11-7-3-2-5-9(11)13/h2-3,5,7,10H,4,6,8,14H2,1H3,(H,15,16). The first-order valence-electron chi connectivity index (χ1n) is 5.45. The van der Waals surface area contributed by atoms with Crippen LogP contribution in [0.2, 0.25) is 0 Å². The zero-order valence-corrected chi connectivity index (χ0v) is 9.78. The van der Waals surface area contributed by atoms with Gasteiger partial charge < -0.3 is 15.8 Å². The Bertz CT molecular complexity index is 371. The summed E-state index contributed by atoms with van der Waals surface area (Å²) in [6, 6.07) is 5.34. The van der Waals surface area contributed by atoms with E-state index in [0.717, 1.165) is 0 Å². The van der Waals surface area contributed by atoms with Crippen LogP contribution in [0.4, 0.5) is 10.1 Å². The maximum atomic E-state index is 13.2. The van der Waals surface area contributed by atoms with E-state index in [1.54, 1.807) is 19.2 Å². The second kappa shape index (κ2) is 6.98. The Kier molecular flexibility index (Phi) is 5.59. The van der Waals surface area contributed by atoms with Crippen LogP contribution in [0.15, 0.2) is 24.3 Å². The van der Waals surface area contributed by atoms with Gasteiger partial charge in [0.1, 0.15) is 5.82 Å². The van der Waals surface area contributed by atoms with Gasteiger partial charge in [-0.1, -0.05) is 12.1 Å². The molecule has 0 aliphatic heterocycles. The Balaban J connectivity index is 2.46. The number of hydrogen-bond acceptors (Lipinski definition) is 3. The van der Waals surface area contributed by atoms with Crippen LogP contribution in [0, 0.1) is 5.82 Å². The molecule has 0 bridgehead atoms. The van der Waals surface area contributed by atoms with Crippen LogP contribution >= 0.6 is 0 Å². The summed E-state index contributed by atoms with van der Waals surface area (Å²) in [5, 5.41) is 2.46. The first-order chi connectivity index (χ1) is 8.15. The number of rotatable bonds is 6. The van der Waals surface area contributed by atoms with E-state index in [4.69, 9.17) is 10.5 Å². The molecule has 1 unspecified atom stereocenters. The van der Waals surface area contributed by atoms with Crippen LogP contribution in [0.1, 0.15) is 12.8 Å². The summed E-state index contributed by atoms with van der Waals surface area (Å²) in [5.74, 6) is -0.851. The van der Waals surface area contributed by atoms with Crippen LogP contribution in [0.5, 0.6) is 0 Å². The van der Waals surface area contributed by atoms with Gasteiger partial charge in [0.15, 0.2) is 0 Å². The van der Waals surface area contributed by atoms with Gasteiger partial charge in [0.05, 0.1) is 11.7 Å². The van der Waals surface area contributed by atoms with Gasteiger partial charge >= 0.3 is 0 Å². The molecule has 4 nitrogen and oxygen atoms in total. The van der Waals surface area contributed by atoms with Crippen molar-refractivity contribution >= 4 is 11.6 Å². The summed E-state index contributed by atoms with van der Waals surface area (Å²) < 4.78 is 18.1. The van der Waals surface area contributed by atoms with Gasteiger partial charge in [-0.05, 0) is 25.0 Å². The van der Waals surface area contributed by atoms with Crippen molar-refractivity contribution in [3.63, 3.8) is 0 Å². The van der Waals surface area contributed by atoms with Gasteiger partial charge in [0.25, 0.3) is 0 Å². The van der Waals surface area contributed by atoms with Crippen molar-refractivity contribution in [2.24, 2.45) is 5.73 Å². The number of anilines is 1. The van der Waals surface area contributed by atoms with Crippen molar-refractivity contribution in [1.29, 1.82) is 0 Å². The van der Waals surface area contributed by atoms with Gasteiger partial charge in [0, 0.05) is 13.7 Å². The molecule has 0 aliphatic carbocycles. The van der Waals surface area contributed by atoms with Crippen molar-refractivity contribution in [2.75, 3.05) is 19.0 Å². The lowest BCUT2D eigenvalue weighted by atomic mass is 10.1. The molecular weight excluding hydrogens is 223 g/mol. The average Bonchev–Trinajstić information content (AvgIpc) is 2.32. The van der Waals surface area contributed by atoms with Crippen LogP contribution in [0.3, 0.4) is 0 Å². The van der Waals surface area contributed by atoms with E-state index in [1.165, 1.54) is 12.1 Å². The number of nitrogens with one attached hydrogen (secondary N) is 1. The lowest BCUT2D eigenvalue weighted by molar-refractivity contribution is -0.117. The molecule has 1 amide bonds. The number of para-hydroxylation sites is 1. The molecule has 0 saturated carbocycles. The molecule has 0 spiro atoms. The van der Waals surface area contributed by atoms with Gasteiger partial charge in [0.2, 0.25) is 5.91 Å². The normalized spacial score (nSPS) is 12.2. The van der Waals surface area contributed by atoms with Crippen molar-refractivity contribution in [2.45, 2.75) is 18.9 Å². The minimum atomic E-state index is -0.648. The molecule has 94 valence electrons. The zero-order valence-electron chi connectivity index (χ0n) is 9.78. The molecule has 17 heavy (non-hydrogen) atoms. The fourth-order valence-corrected chi connectivity index (χ4v) is 1.37. The molecule has 1 aromatic rings. The van der Waals surface area contributed by atoms with Crippen LogP contribution in [-0.2, 0) is 9.53 Å². The highest BCUT2D eigenvalue weighted by molar-refractivity contribution is 5.94. The molecule has 0 aliphatic rings. The SMILES string of the molecule is COCCCC(N)C(=O)Nc1ccccc1F. The quantitative estimate of drug-likeness (QED) is 0.741. The van der Waals surface area contributed by atoms with Crippen molar-refractivity contribution in [3.8, 4) is 0 Å². The fraction of sp³-hybridized carbons (Fsp3) is 0.417. The largest absolute Gasteiger partial charge is 0.385 e. The predicted octanol–water partition coefficient (Wildman–Crippen LogP) is 1.52. The number of nitrogens with two attached hydrogens (primary N) is 1. The molecule has 1 aromatic carbocycles. The minimum Gasteiger partial charge on any atom is -0.385 e. The van der Waals surface area contributed by atoms with E-state index in [9.17, 15) is 9.18 Å². The highest BCUT2D eigenvalue weighted by Crippen LogP contribution is 2.12. The third-order valence-electron chi connectivity index (χ3n) is 2.33. The highest BCUT2D eigenvalue weighted by atomic mass is 19.1. The van der Waals surface area contributed by atoms with E-state index < -0.39 is 11.9 Å². The van der Waals surface area contributed by atoms with E-state index >= 15 is 0 Å². The van der Waals surface area contributed by atoms with E-state index in [0.29, 0.717) is 19.4 Å². The Morgan fingerprint density at radius 3 is 2.88 bits per heavy atom. The molecule has 0 aromatic heterocycles. The van der Waals surface area contributed by atoms with Crippen molar-refractivity contribution in [1.82, 2.24) is 0 Å². The van der Waals surface area contributed by atoms with Crippen molar-refractivity contribution < 1.29 is 13.9 Å². The van der Waals surface area contributed by atoms with E-state index in [-0.39, 0.29) is 11.6 Å². The number of hydrogen-bond donors (Lipinski definition) is 2. The molecule has 0 saturated heterocycles. The minimum absolute atomic E-state index is 0.152. The Labute approximate surface area is 100.0 Å². The summed E-state index contributed by atoms with van der Waals surface area (Å²) >= 11 is 0. The molecular formula is C12H17FN2O2. The zero-order chi connectivity index (χ0) is 12.7. The van der Waals surface area contributed by atoms with Gasteiger partial charge in [-0.2, -0.15) is 0 Å². The summed E-state index contributed by atoms with van der Waals surface area (Å²) in [5.41, 5.74) is 5.82. The average molecular weight is 240 g/mol. The number of methoxy groups -OCH3 is 1.